The summed E-state index contributed by atoms with van der Waals surface area (Å²) in [6.45, 7) is 12.2. The molecule has 31 heavy (non-hydrogen) atoms. The average Bonchev–Trinajstić information content (AvgIpc) is 3.53. The average molecular weight is 417 g/mol. The standard InChI is InChI=1S/C13H17N.3C4H8O.2Li/c1-11(2)14-10-12(3)9-13-7-5-4-6-8-13;3*1-2-4-5-3-1;;/h4-11H,1-3H3;3*1-4H2;;/q-2;;;;2*+1/b12-10-;;;;;. The van der Waals surface area contributed by atoms with Crippen LogP contribution in [0.4, 0.5) is 0 Å². The molecular formula is C25H41Li2NO3. The maximum atomic E-state index is 4.94. The van der Waals surface area contributed by atoms with Gasteiger partial charge in [-0.15, -0.1) is 42.3 Å². The topological polar surface area (TPSA) is 41.8 Å². The quantitative estimate of drug-likeness (QED) is 0.524. The predicted octanol–water partition coefficient (Wildman–Crippen LogP) is 0.323. The van der Waals surface area contributed by atoms with Crippen LogP contribution in [-0.2, 0) is 14.2 Å². The number of rotatable bonds is 4. The zero-order chi connectivity index (χ0) is 21.0. The van der Waals surface area contributed by atoms with Crippen LogP contribution >= 0.6 is 0 Å². The first-order valence-corrected chi connectivity index (χ1v) is 11.2. The van der Waals surface area contributed by atoms with E-state index in [4.69, 9.17) is 14.2 Å². The Bertz CT molecular complexity index is 454. The normalized spacial score (nSPS) is 16.8. The van der Waals surface area contributed by atoms with Crippen molar-refractivity contribution in [2.24, 2.45) is 0 Å². The van der Waals surface area contributed by atoms with Crippen molar-refractivity contribution in [1.29, 1.82) is 0 Å². The van der Waals surface area contributed by atoms with Crippen molar-refractivity contribution < 1.29 is 51.9 Å². The minimum atomic E-state index is 0. The number of benzene rings is 1. The molecule has 0 spiro atoms. The number of nitrogens with zero attached hydrogens (tertiary/aromatic N) is 1. The molecule has 0 aromatic heterocycles. The predicted molar refractivity (Wildman–Crippen MR) is 122 cm³/mol. The molecule has 0 bridgehead atoms. The Labute approximate surface area is 215 Å². The van der Waals surface area contributed by atoms with E-state index < -0.39 is 0 Å². The number of hydrogen-bond acceptors (Lipinski definition) is 3. The molecule has 3 fully saturated rings. The van der Waals surface area contributed by atoms with E-state index in [0.717, 1.165) is 39.6 Å². The van der Waals surface area contributed by atoms with Crippen LogP contribution in [0.1, 0.15) is 64.9 Å². The minimum absolute atomic E-state index is 0. The van der Waals surface area contributed by atoms with Gasteiger partial charge in [0.2, 0.25) is 0 Å². The largest absolute Gasteiger partial charge is 1.00 e. The molecule has 0 N–H and O–H groups in total. The van der Waals surface area contributed by atoms with E-state index in [-0.39, 0.29) is 37.7 Å². The molecule has 4 rings (SSSR count). The zero-order valence-corrected chi connectivity index (χ0v) is 20.8. The smallest absolute Gasteiger partial charge is 0.731 e. The number of hydrogen-bond donors (Lipinski definition) is 0. The fraction of sp³-hybridized carbons (Fsp3) is 0.640. The summed E-state index contributed by atoms with van der Waals surface area (Å²) in [5.41, 5.74) is 2.41. The van der Waals surface area contributed by atoms with Crippen molar-refractivity contribution in [1.82, 2.24) is 0 Å². The van der Waals surface area contributed by atoms with E-state index in [1.54, 1.807) is 0 Å². The van der Waals surface area contributed by atoms with E-state index in [1.165, 1.54) is 49.7 Å². The van der Waals surface area contributed by atoms with E-state index in [1.807, 2.05) is 24.4 Å². The fourth-order valence-corrected chi connectivity index (χ4v) is 2.65. The van der Waals surface area contributed by atoms with Gasteiger partial charge in [0.1, 0.15) is 0 Å². The van der Waals surface area contributed by atoms with E-state index in [9.17, 15) is 0 Å². The second-order valence-electron chi connectivity index (χ2n) is 7.63. The second kappa shape index (κ2) is 24.3. The van der Waals surface area contributed by atoms with Crippen LogP contribution in [0.15, 0.2) is 42.1 Å². The SMILES string of the molecule is C/C(=C/[N-]C(C)C)[CH-]c1ccccc1.C1CCOC1.C1CCOC1.C1CCOC1.[Li+].[Li+]. The van der Waals surface area contributed by atoms with Gasteiger partial charge in [-0.05, 0) is 38.5 Å². The summed E-state index contributed by atoms with van der Waals surface area (Å²) in [4.78, 5) is 0. The molecule has 1 aromatic carbocycles. The van der Waals surface area contributed by atoms with Crippen LogP contribution < -0.4 is 37.7 Å². The minimum Gasteiger partial charge on any atom is -0.731 e. The van der Waals surface area contributed by atoms with Gasteiger partial charge >= 0.3 is 37.7 Å². The van der Waals surface area contributed by atoms with E-state index in [0.29, 0.717) is 6.04 Å². The summed E-state index contributed by atoms with van der Waals surface area (Å²) >= 11 is 0. The van der Waals surface area contributed by atoms with Crippen molar-refractivity contribution >= 4 is 0 Å². The first-order chi connectivity index (χ1) is 14.2. The number of ether oxygens (including phenoxy) is 3. The van der Waals surface area contributed by atoms with Crippen LogP contribution in [0.5, 0.6) is 0 Å². The van der Waals surface area contributed by atoms with Crippen LogP contribution in [0.25, 0.3) is 5.32 Å². The van der Waals surface area contributed by atoms with Crippen LogP contribution in [0.2, 0.25) is 0 Å². The van der Waals surface area contributed by atoms with Crippen molar-refractivity contribution in [2.45, 2.75) is 65.3 Å². The van der Waals surface area contributed by atoms with Gasteiger partial charge < -0.3 is 19.5 Å². The summed E-state index contributed by atoms with van der Waals surface area (Å²) in [6, 6.07) is 10.7. The Balaban J connectivity index is 0. The van der Waals surface area contributed by atoms with Crippen molar-refractivity contribution in [3.05, 3.63) is 59.4 Å². The van der Waals surface area contributed by atoms with Crippen LogP contribution in [0, 0.1) is 6.42 Å². The maximum absolute atomic E-state index is 4.94. The second-order valence-corrected chi connectivity index (χ2v) is 7.63. The maximum Gasteiger partial charge on any atom is 1.00 e. The number of allylic oxidation sites excluding steroid dienone is 1. The Morgan fingerprint density at radius 1 is 0.774 bits per heavy atom. The summed E-state index contributed by atoms with van der Waals surface area (Å²) in [5.74, 6) is 0. The fourth-order valence-electron chi connectivity index (χ4n) is 2.65. The van der Waals surface area contributed by atoms with Gasteiger partial charge in [-0.3, -0.25) is 6.20 Å². The van der Waals surface area contributed by atoms with Crippen LogP contribution in [0.3, 0.4) is 0 Å². The molecular weight excluding hydrogens is 376 g/mol. The summed E-state index contributed by atoms with van der Waals surface area (Å²) in [7, 11) is 0. The molecule has 3 heterocycles. The molecule has 0 saturated carbocycles. The Morgan fingerprint density at radius 2 is 1.16 bits per heavy atom. The summed E-state index contributed by atoms with van der Waals surface area (Å²) < 4.78 is 14.8. The van der Waals surface area contributed by atoms with Gasteiger partial charge in [0.25, 0.3) is 0 Å². The molecule has 3 aliphatic rings. The van der Waals surface area contributed by atoms with E-state index in [2.05, 4.69) is 44.6 Å². The monoisotopic (exact) mass is 417 g/mol. The third-order valence-corrected chi connectivity index (χ3v) is 4.25. The Hall–Kier alpha value is -0.295. The molecule has 166 valence electrons. The molecule has 3 aliphatic heterocycles. The zero-order valence-electron chi connectivity index (χ0n) is 20.8. The van der Waals surface area contributed by atoms with Crippen molar-refractivity contribution in [3.63, 3.8) is 0 Å². The molecule has 0 aliphatic carbocycles. The third kappa shape index (κ3) is 22.7. The van der Waals surface area contributed by atoms with Gasteiger partial charge in [0, 0.05) is 39.6 Å². The molecule has 0 amide bonds. The first-order valence-electron chi connectivity index (χ1n) is 11.2. The molecule has 6 heteroatoms. The van der Waals surface area contributed by atoms with Crippen molar-refractivity contribution in [2.75, 3.05) is 39.6 Å². The molecule has 1 aromatic rings. The molecule has 0 atom stereocenters. The van der Waals surface area contributed by atoms with Gasteiger partial charge in [-0.25, -0.2) is 0 Å². The molecule has 0 radical (unpaired) electrons. The third-order valence-electron chi connectivity index (χ3n) is 4.25. The van der Waals surface area contributed by atoms with Gasteiger partial charge in [0.05, 0.1) is 0 Å². The molecule has 4 nitrogen and oxygen atoms in total. The summed E-state index contributed by atoms with van der Waals surface area (Å²) in [5, 5.41) is 4.33. The Kier molecular flexibility index (Phi) is 25.8. The Morgan fingerprint density at radius 3 is 1.45 bits per heavy atom. The molecule has 3 saturated heterocycles. The van der Waals surface area contributed by atoms with Crippen molar-refractivity contribution in [3.8, 4) is 0 Å². The first kappa shape index (κ1) is 32.9. The van der Waals surface area contributed by atoms with Gasteiger partial charge in [0.15, 0.2) is 0 Å². The van der Waals surface area contributed by atoms with E-state index >= 15 is 0 Å². The van der Waals surface area contributed by atoms with Crippen LogP contribution in [-0.4, -0.2) is 45.7 Å². The summed E-state index contributed by atoms with van der Waals surface area (Å²) in [6.07, 6.45) is 11.7. The van der Waals surface area contributed by atoms with Gasteiger partial charge in [-0.1, -0.05) is 26.8 Å². The molecule has 0 unspecified atom stereocenters. The van der Waals surface area contributed by atoms with Gasteiger partial charge in [-0.2, -0.15) is 5.57 Å².